The van der Waals surface area contributed by atoms with E-state index in [1.165, 1.54) is 5.56 Å². The van der Waals surface area contributed by atoms with Crippen LogP contribution in [0.25, 0.3) is 0 Å². The average molecular weight is 505 g/mol. The Balaban J connectivity index is 1.19. The van der Waals surface area contributed by atoms with Crippen molar-refractivity contribution in [1.29, 1.82) is 0 Å². The van der Waals surface area contributed by atoms with Crippen LogP contribution in [-0.4, -0.2) is 53.0 Å². The summed E-state index contributed by atoms with van der Waals surface area (Å²) in [6, 6.07) is 8.51. The number of hydrogen-bond acceptors (Lipinski definition) is 5. The van der Waals surface area contributed by atoms with Gasteiger partial charge in [-0.2, -0.15) is 0 Å². The number of aliphatic carboxylic acids is 1. The number of likely N-dealkylation sites (tertiary alicyclic amines) is 1. The van der Waals surface area contributed by atoms with Crippen LogP contribution < -0.4 is 10.6 Å². The number of carboxylic acids is 1. The number of pyridine rings is 1. The Bertz CT molecular complexity index is 1020. The first-order valence-electron chi connectivity index (χ1n) is 11.8. The number of amides is 1. The zero-order valence-corrected chi connectivity index (χ0v) is 20.5. The number of aromatic nitrogens is 1. The third kappa shape index (κ3) is 6.84. The van der Waals surface area contributed by atoms with E-state index in [1.54, 1.807) is 18.2 Å². The predicted molar refractivity (Wildman–Crippen MR) is 134 cm³/mol. The van der Waals surface area contributed by atoms with Crippen molar-refractivity contribution in [2.75, 3.05) is 31.5 Å². The summed E-state index contributed by atoms with van der Waals surface area (Å²) < 4.78 is 0. The molecular weight excluding hydrogens is 475 g/mol. The first-order valence-corrected chi connectivity index (χ1v) is 12.5. The molecule has 3 heterocycles. The number of benzene rings is 1. The molecule has 1 aromatic heterocycles. The standard InChI is InChI=1S/C25H30Cl2N4O3/c26-19-10-18(11-20(27)12-19)22(13-24(33)34)30-23(32)9-16-14-31(15-16)8-2-4-21-6-5-17-3-1-7-28-25(17)29-21/h5-6,10-12,16,22H,1-4,7-9,13-15H2,(H,28,29)(H,30,32)(H,33,34)/t22-/m0/s1. The van der Waals surface area contributed by atoms with Crippen LogP contribution >= 0.6 is 23.2 Å². The van der Waals surface area contributed by atoms with Gasteiger partial charge in [-0.1, -0.05) is 29.3 Å². The number of rotatable bonds is 10. The van der Waals surface area contributed by atoms with Gasteiger partial charge in [0.2, 0.25) is 5.91 Å². The lowest BCUT2D eigenvalue weighted by atomic mass is 9.94. The molecule has 2 aliphatic rings. The Kier molecular flexibility index (Phi) is 8.29. The van der Waals surface area contributed by atoms with E-state index in [-0.39, 0.29) is 18.2 Å². The Morgan fingerprint density at radius 2 is 1.97 bits per heavy atom. The number of carbonyl (C=O) groups is 2. The molecule has 2 aliphatic heterocycles. The van der Waals surface area contributed by atoms with Crippen molar-refractivity contribution in [3.05, 3.63) is 57.2 Å². The van der Waals surface area contributed by atoms with Gasteiger partial charge in [-0.05, 0) is 73.5 Å². The van der Waals surface area contributed by atoms with Crippen LogP contribution in [0.1, 0.15) is 48.5 Å². The Hall–Kier alpha value is -2.35. The highest BCUT2D eigenvalue weighted by Gasteiger charge is 2.29. The number of nitrogens with one attached hydrogen (secondary N) is 2. The van der Waals surface area contributed by atoms with E-state index in [4.69, 9.17) is 28.2 Å². The third-order valence-electron chi connectivity index (χ3n) is 6.37. The van der Waals surface area contributed by atoms with Gasteiger partial charge in [0.1, 0.15) is 5.82 Å². The van der Waals surface area contributed by atoms with Crippen molar-refractivity contribution in [3.8, 4) is 0 Å². The van der Waals surface area contributed by atoms with Crippen LogP contribution in [0.4, 0.5) is 5.82 Å². The molecule has 0 radical (unpaired) electrons. The summed E-state index contributed by atoms with van der Waals surface area (Å²) in [6.07, 6.45) is 4.38. The van der Waals surface area contributed by atoms with Gasteiger partial charge < -0.3 is 20.6 Å². The second-order valence-electron chi connectivity index (χ2n) is 9.19. The number of halogens is 2. The number of anilines is 1. The maximum atomic E-state index is 12.6. The van der Waals surface area contributed by atoms with Crippen LogP contribution in [0.5, 0.6) is 0 Å². The molecule has 0 unspecified atom stereocenters. The summed E-state index contributed by atoms with van der Waals surface area (Å²) in [5, 5.41) is 16.3. The highest BCUT2D eigenvalue weighted by molar-refractivity contribution is 6.34. The smallest absolute Gasteiger partial charge is 0.305 e. The van der Waals surface area contributed by atoms with Gasteiger partial charge in [0.15, 0.2) is 0 Å². The number of fused-ring (bicyclic) bond motifs is 1. The third-order valence-corrected chi connectivity index (χ3v) is 6.80. The van der Waals surface area contributed by atoms with E-state index in [9.17, 15) is 14.7 Å². The number of hydrogen-bond donors (Lipinski definition) is 3. The molecule has 1 atom stereocenters. The molecule has 1 saturated heterocycles. The summed E-state index contributed by atoms with van der Waals surface area (Å²) in [5.41, 5.74) is 3.02. The van der Waals surface area contributed by atoms with Gasteiger partial charge in [0.25, 0.3) is 0 Å². The van der Waals surface area contributed by atoms with Crippen LogP contribution in [0, 0.1) is 5.92 Å². The van der Waals surface area contributed by atoms with Crippen LogP contribution in [0.3, 0.4) is 0 Å². The van der Waals surface area contributed by atoms with Gasteiger partial charge in [-0.3, -0.25) is 9.59 Å². The molecule has 1 amide bonds. The topological polar surface area (TPSA) is 94.6 Å². The highest BCUT2D eigenvalue weighted by Crippen LogP contribution is 2.27. The van der Waals surface area contributed by atoms with Crippen molar-refractivity contribution in [3.63, 3.8) is 0 Å². The zero-order chi connectivity index (χ0) is 24.1. The highest BCUT2D eigenvalue weighted by atomic mass is 35.5. The van der Waals surface area contributed by atoms with E-state index in [2.05, 4.69) is 27.7 Å². The van der Waals surface area contributed by atoms with Crippen LogP contribution in [-0.2, 0) is 22.4 Å². The first kappa shape index (κ1) is 24.8. The van der Waals surface area contributed by atoms with Crippen molar-refractivity contribution >= 4 is 40.9 Å². The second-order valence-corrected chi connectivity index (χ2v) is 10.1. The molecule has 182 valence electrons. The minimum absolute atomic E-state index is 0.155. The SMILES string of the molecule is O=C(O)C[C@H](NC(=O)CC1CN(CCCc2ccc3c(n2)NCCC3)C1)c1cc(Cl)cc(Cl)c1. The maximum absolute atomic E-state index is 12.6. The molecule has 9 heteroatoms. The van der Waals surface area contributed by atoms with Gasteiger partial charge in [0, 0.05) is 41.8 Å². The second kappa shape index (κ2) is 11.4. The van der Waals surface area contributed by atoms with Gasteiger partial charge in [0.05, 0.1) is 12.5 Å². The normalized spacial score (nSPS) is 16.8. The van der Waals surface area contributed by atoms with Gasteiger partial charge >= 0.3 is 5.97 Å². The van der Waals surface area contributed by atoms with E-state index in [1.807, 2.05) is 0 Å². The maximum Gasteiger partial charge on any atom is 0.305 e. The first-order chi connectivity index (χ1) is 16.4. The molecule has 34 heavy (non-hydrogen) atoms. The van der Waals surface area contributed by atoms with Crippen LogP contribution in [0.15, 0.2) is 30.3 Å². The molecule has 0 spiro atoms. The molecular formula is C25H30Cl2N4O3. The predicted octanol–water partition coefficient (Wildman–Crippen LogP) is 4.33. The van der Waals surface area contributed by atoms with E-state index < -0.39 is 12.0 Å². The fourth-order valence-electron chi connectivity index (χ4n) is 4.70. The minimum atomic E-state index is -1.000. The number of carboxylic acid groups (broad SMARTS) is 1. The Morgan fingerprint density at radius 1 is 1.21 bits per heavy atom. The lowest BCUT2D eigenvalue weighted by molar-refractivity contribution is -0.137. The van der Waals surface area contributed by atoms with Crippen molar-refractivity contribution in [2.45, 2.75) is 44.6 Å². The van der Waals surface area contributed by atoms with Crippen molar-refractivity contribution < 1.29 is 14.7 Å². The lowest BCUT2D eigenvalue weighted by Crippen LogP contribution is -2.49. The summed E-state index contributed by atoms with van der Waals surface area (Å²) in [6.45, 7) is 3.72. The van der Waals surface area contributed by atoms with E-state index in [0.29, 0.717) is 22.0 Å². The number of carbonyl (C=O) groups excluding carboxylic acids is 1. The minimum Gasteiger partial charge on any atom is -0.481 e. The fourth-order valence-corrected chi connectivity index (χ4v) is 5.24. The van der Waals surface area contributed by atoms with Crippen molar-refractivity contribution in [2.24, 2.45) is 5.92 Å². The Labute approximate surface area is 209 Å². The molecule has 2 aromatic rings. The summed E-state index contributed by atoms with van der Waals surface area (Å²) in [4.78, 5) is 31.0. The van der Waals surface area contributed by atoms with E-state index >= 15 is 0 Å². The molecule has 7 nitrogen and oxygen atoms in total. The summed E-state index contributed by atoms with van der Waals surface area (Å²) in [7, 11) is 0. The number of nitrogens with zero attached hydrogens (tertiary/aromatic N) is 2. The molecule has 1 aromatic carbocycles. The molecule has 3 N–H and O–H groups in total. The average Bonchev–Trinajstić information content (AvgIpc) is 2.75. The van der Waals surface area contributed by atoms with Gasteiger partial charge in [-0.25, -0.2) is 4.98 Å². The molecule has 0 bridgehead atoms. The monoisotopic (exact) mass is 504 g/mol. The van der Waals surface area contributed by atoms with E-state index in [0.717, 1.165) is 63.4 Å². The molecule has 1 fully saturated rings. The van der Waals surface area contributed by atoms with Crippen molar-refractivity contribution in [1.82, 2.24) is 15.2 Å². The quantitative estimate of drug-likeness (QED) is 0.445. The number of aryl methyl sites for hydroxylation is 2. The molecule has 0 aliphatic carbocycles. The molecule has 0 saturated carbocycles. The van der Waals surface area contributed by atoms with Gasteiger partial charge in [-0.15, -0.1) is 0 Å². The Morgan fingerprint density at radius 3 is 2.71 bits per heavy atom. The summed E-state index contributed by atoms with van der Waals surface area (Å²) >= 11 is 12.1. The largest absolute Gasteiger partial charge is 0.481 e. The molecule has 4 rings (SSSR count). The zero-order valence-electron chi connectivity index (χ0n) is 19.0. The lowest BCUT2D eigenvalue weighted by Gasteiger charge is -2.39. The summed E-state index contributed by atoms with van der Waals surface area (Å²) in [5.74, 6) is 0.165. The fraction of sp³-hybridized carbons (Fsp3) is 0.480. The van der Waals surface area contributed by atoms with Crippen LogP contribution in [0.2, 0.25) is 10.0 Å².